The van der Waals surface area contributed by atoms with E-state index in [1.54, 1.807) is 35.0 Å². The molecule has 1 aliphatic heterocycles. The Morgan fingerprint density at radius 3 is 2.36 bits per heavy atom. The van der Waals surface area contributed by atoms with Crippen LogP contribution in [0.1, 0.15) is 10.5 Å². The topological polar surface area (TPSA) is 70.8 Å². The highest BCUT2D eigenvalue weighted by atomic mass is 16.5. The number of aromatic nitrogens is 2. The van der Waals surface area contributed by atoms with Crippen LogP contribution < -0.4 is 9.64 Å². The van der Waals surface area contributed by atoms with Gasteiger partial charge in [0.05, 0.1) is 24.7 Å². The lowest BCUT2D eigenvalue weighted by Crippen LogP contribution is -2.49. The summed E-state index contributed by atoms with van der Waals surface area (Å²) in [5.41, 5.74) is 1.96. The molecule has 0 spiro atoms. The Morgan fingerprint density at radius 2 is 1.68 bits per heavy atom. The lowest BCUT2D eigenvalue weighted by atomic mass is 10.2. The van der Waals surface area contributed by atoms with Gasteiger partial charge in [0.15, 0.2) is 11.4 Å². The molecular weight excluding hydrogens is 356 g/mol. The van der Waals surface area contributed by atoms with Gasteiger partial charge >= 0.3 is 0 Å². The smallest absolute Gasteiger partial charge is 0.278 e. The first-order chi connectivity index (χ1) is 13.7. The largest absolute Gasteiger partial charge is 0.506 e. The molecule has 28 heavy (non-hydrogen) atoms. The molecule has 3 aromatic rings. The minimum Gasteiger partial charge on any atom is -0.506 e. The molecule has 0 saturated carbocycles. The van der Waals surface area contributed by atoms with E-state index in [4.69, 9.17) is 4.74 Å². The number of methoxy groups -OCH3 is 1. The van der Waals surface area contributed by atoms with E-state index >= 15 is 0 Å². The van der Waals surface area contributed by atoms with Crippen molar-refractivity contribution in [2.24, 2.45) is 0 Å². The van der Waals surface area contributed by atoms with Gasteiger partial charge in [0, 0.05) is 26.2 Å². The Labute approximate surface area is 163 Å². The summed E-state index contributed by atoms with van der Waals surface area (Å²) in [5, 5.41) is 14.5. The zero-order chi connectivity index (χ0) is 19.5. The number of hydrogen-bond acceptors (Lipinski definition) is 5. The van der Waals surface area contributed by atoms with Gasteiger partial charge in [-0.05, 0) is 24.3 Å². The molecule has 144 valence electrons. The maximum atomic E-state index is 13.0. The van der Waals surface area contributed by atoms with Crippen LogP contribution in [0.25, 0.3) is 5.69 Å². The highest BCUT2D eigenvalue weighted by Gasteiger charge is 2.27. The zero-order valence-electron chi connectivity index (χ0n) is 15.7. The van der Waals surface area contributed by atoms with E-state index in [2.05, 4.69) is 10.00 Å². The van der Waals surface area contributed by atoms with Crippen LogP contribution in [-0.4, -0.2) is 59.0 Å². The second-order valence-corrected chi connectivity index (χ2v) is 6.59. The number of phenolic OH excluding ortho intramolecular Hbond substituents is 1. The molecular formula is C21H22N4O3. The van der Waals surface area contributed by atoms with Crippen LogP contribution >= 0.6 is 0 Å². The fourth-order valence-corrected chi connectivity index (χ4v) is 3.40. The predicted molar refractivity (Wildman–Crippen MR) is 106 cm³/mol. The Kier molecular flexibility index (Phi) is 4.89. The van der Waals surface area contributed by atoms with Crippen LogP contribution in [-0.2, 0) is 0 Å². The molecule has 0 aliphatic carbocycles. The normalized spacial score (nSPS) is 14.2. The molecule has 1 aliphatic rings. The third-order valence-electron chi connectivity index (χ3n) is 4.91. The first-order valence-electron chi connectivity index (χ1n) is 9.18. The minimum absolute atomic E-state index is 0.150. The molecule has 0 bridgehead atoms. The highest BCUT2D eigenvalue weighted by Crippen LogP contribution is 2.28. The van der Waals surface area contributed by atoms with E-state index in [1.165, 1.54) is 0 Å². The fraction of sp³-hybridized carbons (Fsp3) is 0.238. The van der Waals surface area contributed by atoms with Gasteiger partial charge in [0.2, 0.25) is 0 Å². The van der Waals surface area contributed by atoms with Crippen molar-refractivity contribution in [3.05, 3.63) is 66.5 Å². The molecule has 0 atom stereocenters. The fourth-order valence-electron chi connectivity index (χ4n) is 3.40. The number of carbonyl (C=O) groups excluding carboxylic acids is 1. The summed E-state index contributed by atoms with van der Waals surface area (Å²) in [5.74, 6) is 0.561. The molecule has 4 rings (SSSR count). The second kappa shape index (κ2) is 7.64. The van der Waals surface area contributed by atoms with Crippen LogP contribution in [0.15, 0.2) is 60.8 Å². The maximum Gasteiger partial charge on any atom is 0.278 e. The van der Waals surface area contributed by atoms with Gasteiger partial charge in [0.25, 0.3) is 5.91 Å². The molecule has 7 heteroatoms. The molecule has 1 fully saturated rings. The number of hydrogen-bond donors (Lipinski definition) is 1. The van der Waals surface area contributed by atoms with Gasteiger partial charge in [-0.1, -0.05) is 30.3 Å². The van der Waals surface area contributed by atoms with E-state index in [1.807, 2.05) is 42.5 Å². The Hall–Kier alpha value is -3.48. The van der Waals surface area contributed by atoms with Crippen molar-refractivity contribution in [1.82, 2.24) is 14.7 Å². The van der Waals surface area contributed by atoms with Gasteiger partial charge in [-0.25, -0.2) is 4.68 Å². The van der Waals surface area contributed by atoms with E-state index in [0.29, 0.717) is 37.6 Å². The highest BCUT2D eigenvalue weighted by molar-refractivity contribution is 5.95. The van der Waals surface area contributed by atoms with Crippen molar-refractivity contribution in [3.63, 3.8) is 0 Å². The van der Waals surface area contributed by atoms with Crippen molar-refractivity contribution in [3.8, 4) is 17.2 Å². The lowest BCUT2D eigenvalue weighted by Gasteiger charge is -2.36. The van der Waals surface area contributed by atoms with Gasteiger partial charge in [-0.15, -0.1) is 0 Å². The van der Waals surface area contributed by atoms with Gasteiger partial charge in [0.1, 0.15) is 5.75 Å². The van der Waals surface area contributed by atoms with Crippen molar-refractivity contribution in [2.45, 2.75) is 0 Å². The zero-order valence-corrected chi connectivity index (χ0v) is 15.7. The molecule has 1 aromatic heterocycles. The quantitative estimate of drug-likeness (QED) is 0.756. The molecule has 0 unspecified atom stereocenters. The van der Waals surface area contributed by atoms with Crippen LogP contribution in [0.3, 0.4) is 0 Å². The van der Waals surface area contributed by atoms with Crippen molar-refractivity contribution in [1.29, 1.82) is 0 Å². The predicted octanol–water partition coefficient (Wildman–Crippen LogP) is 2.55. The first-order valence-corrected chi connectivity index (χ1v) is 9.18. The molecule has 1 amide bonds. The van der Waals surface area contributed by atoms with Crippen molar-refractivity contribution >= 4 is 11.6 Å². The molecule has 2 aromatic carbocycles. The van der Waals surface area contributed by atoms with Crippen molar-refractivity contribution < 1.29 is 14.6 Å². The van der Waals surface area contributed by atoms with Crippen LogP contribution in [0, 0.1) is 0 Å². The Bertz CT molecular complexity index is 963. The van der Waals surface area contributed by atoms with Crippen molar-refractivity contribution in [2.75, 3.05) is 38.2 Å². The summed E-state index contributed by atoms with van der Waals surface area (Å²) in [6, 6.07) is 16.9. The average molecular weight is 378 g/mol. The average Bonchev–Trinajstić information content (AvgIpc) is 3.19. The summed E-state index contributed by atoms with van der Waals surface area (Å²) in [4.78, 5) is 16.9. The maximum absolute atomic E-state index is 13.0. The van der Waals surface area contributed by atoms with Gasteiger partial charge in [-0.2, -0.15) is 5.10 Å². The summed E-state index contributed by atoms with van der Waals surface area (Å²) in [6.45, 7) is 2.39. The lowest BCUT2D eigenvalue weighted by molar-refractivity contribution is 0.0737. The van der Waals surface area contributed by atoms with Gasteiger partial charge < -0.3 is 19.6 Å². The van der Waals surface area contributed by atoms with Crippen LogP contribution in [0.4, 0.5) is 5.69 Å². The SMILES string of the molecule is COc1cn(-c2ccccc2)nc1C(=O)N1CCN(c2ccccc2O)CC1. The monoisotopic (exact) mass is 378 g/mol. The van der Waals surface area contributed by atoms with Crippen LogP contribution in [0.5, 0.6) is 11.5 Å². The molecule has 1 saturated heterocycles. The first kappa shape index (κ1) is 17.9. The number of para-hydroxylation sites is 3. The second-order valence-electron chi connectivity index (χ2n) is 6.59. The number of carbonyl (C=O) groups is 1. The van der Waals surface area contributed by atoms with E-state index in [9.17, 15) is 9.90 Å². The summed E-state index contributed by atoms with van der Waals surface area (Å²) >= 11 is 0. The number of rotatable bonds is 4. The third-order valence-corrected chi connectivity index (χ3v) is 4.91. The third kappa shape index (κ3) is 3.38. The molecule has 0 radical (unpaired) electrons. The number of nitrogens with zero attached hydrogens (tertiary/aromatic N) is 4. The number of benzene rings is 2. The number of piperazine rings is 1. The molecule has 1 N–H and O–H groups in total. The van der Waals surface area contributed by atoms with E-state index < -0.39 is 0 Å². The van der Waals surface area contributed by atoms with Gasteiger partial charge in [-0.3, -0.25) is 4.79 Å². The molecule has 2 heterocycles. The Morgan fingerprint density at radius 1 is 1.00 bits per heavy atom. The van der Waals surface area contributed by atoms with Crippen LogP contribution in [0.2, 0.25) is 0 Å². The number of ether oxygens (including phenoxy) is 1. The number of amides is 1. The standard InChI is InChI=1S/C21H22N4O3/c1-28-19-15-25(16-7-3-2-4-8-16)22-20(19)21(27)24-13-11-23(12-14-24)17-9-5-6-10-18(17)26/h2-10,15,26H,11-14H2,1H3. The Balaban J connectivity index is 1.50. The summed E-state index contributed by atoms with van der Waals surface area (Å²) in [7, 11) is 1.54. The van der Waals surface area contributed by atoms with E-state index in [-0.39, 0.29) is 11.7 Å². The summed E-state index contributed by atoms with van der Waals surface area (Å²) in [6.07, 6.45) is 1.72. The summed E-state index contributed by atoms with van der Waals surface area (Å²) < 4.78 is 7.05. The molecule has 7 nitrogen and oxygen atoms in total. The number of anilines is 1. The minimum atomic E-state index is -0.150. The number of phenols is 1. The van der Waals surface area contributed by atoms with E-state index in [0.717, 1.165) is 11.4 Å². The number of aromatic hydroxyl groups is 1.